The zero-order chi connectivity index (χ0) is 14.8. The third kappa shape index (κ3) is 4.42. The molecule has 0 amide bonds. The van der Waals surface area contributed by atoms with Gasteiger partial charge in [0.05, 0.1) is 0 Å². The van der Waals surface area contributed by atoms with Crippen LogP contribution in [0.2, 0.25) is 5.02 Å². The highest BCUT2D eigenvalue weighted by molar-refractivity contribution is 6.30. The molecule has 0 saturated heterocycles. The van der Waals surface area contributed by atoms with Gasteiger partial charge in [-0.15, -0.1) is 24.8 Å². The van der Waals surface area contributed by atoms with E-state index in [0.717, 1.165) is 23.8 Å². The lowest BCUT2D eigenvalue weighted by molar-refractivity contribution is 0.273. The normalized spacial score (nSPS) is 20.5. The maximum atomic E-state index is 6.06. The molecule has 1 aromatic carbocycles. The van der Waals surface area contributed by atoms with Gasteiger partial charge in [0.2, 0.25) is 0 Å². The van der Waals surface area contributed by atoms with Gasteiger partial charge in [0.1, 0.15) is 5.82 Å². The lowest BCUT2D eigenvalue weighted by Gasteiger charge is -2.30. The molecule has 0 unspecified atom stereocenters. The Hall–Kier alpha value is -0.740. The molecule has 23 heavy (non-hydrogen) atoms. The van der Waals surface area contributed by atoms with Gasteiger partial charge in [-0.05, 0) is 62.4 Å². The lowest BCUT2D eigenvalue weighted by Crippen LogP contribution is -2.24. The number of benzene rings is 1. The van der Waals surface area contributed by atoms with Crippen molar-refractivity contribution < 1.29 is 0 Å². The van der Waals surface area contributed by atoms with E-state index < -0.39 is 0 Å². The summed E-state index contributed by atoms with van der Waals surface area (Å²) in [4.78, 5) is 4.59. The topological polar surface area (TPSA) is 43.8 Å². The van der Waals surface area contributed by atoms with Gasteiger partial charge in [-0.25, -0.2) is 4.98 Å². The van der Waals surface area contributed by atoms with Crippen molar-refractivity contribution in [3.63, 3.8) is 0 Å². The van der Waals surface area contributed by atoms with Gasteiger partial charge < -0.3 is 10.3 Å². The summed E-state index contributed by atoms with van der Waals surface area (Å²) >= 11 is 6.06. The first-order valence-electron chi connectivity index (χ1n) is 7.68. The van der Waals surface area contributed by atoms with Crippen LogP contribution in [-0.2, 0) is 0 Å². The number of hydrogen-bond donors (Lipinski definition) is 1. The van der Waals surface area contributed by atoms with Crippen molar-refractivity contribution in [1.29, 1.82) is 0 Å². The van der Waals surface area contributed by atoms with E-state index in [0.29, 0.717) is 12.0 Å². The van der Waals surface area contributed by atoms with E-state index in [2.05, 4.69) is 28.7 Å². The molecule has 6 heteroatoms. The van der Waals surface area contributed by atoms with Gasteiger partial charge in [0, 0.05) is 29.0 Å². The number of aryl methyl sites for hydroxylation is 1. The summed E-state index contributed by atoms with van der Waals surface area (Å²) in [5.74, 6) is 1.69. The van der Waals surface area contributed by atoms with Crippen LogP contribution in [0, 0.1) is 12.8 Å². The Kier molecular flexibility index (Phi) is 7.88. The largest absolute Gasteiger partial charge is 0.330 e. The number of aromatic nitrogens is 2. The summed E-state index contributed by atoms with van der Waals surface area (Å²) in [6.45, 7) is 2.88. The molecule has 0 radical (unpaired) electrons. The minimum Gasteiger partial charge on any atom is -0.330 e. The minimum absolute atomic E-state index is 0. The number of imidazole rings is 1. The summed E-state index contributed by atoms with van der Waals surface area (Å²) in [5.41, 5.74) is 8.20. The Morgan fingerprint density at radius 1 is 1.30 bits per heavy atom. The molecular weight excluding hydrogens is 353 g/mol. The Labute approximate surface area is 155 Å². The zero-order valence-corrected chi connectivity index (χ0v) is 15.6. The van der Waals surface area contributed by atoms with Gasteiger partial charge in [-0.1, -0.05) is 18.0 Å². The maximum absolute atomic E-state index is 6.06. The van der Waals surface area contributed by atoms with Crippen molar-refractivity contribution >= 4 is 36.4 Å². The first kappa shape index (κ1) is 20.3. The number of hydrogen-bond acceptors (Lipinski definition) is 2. The SMILES string of the molecule is Cc1cc(Cl)ccc1-c1nccn1[C@@H]1CCC[C@H](CN)C1.Cl.Cl. The lowest BCUT2D eigenvalue weighted by atomic mass is 9.85. The Balaban J connectivity index is 0.00000132. The monoisotopic (exact) mass is 375 g/mol. The molecule has 3 rings (SSSR count). The van der Waals surface area contributed by atoms with Crippen molar-refractivity contribution in [2.45, 2.75) is 38.6 Å². The molecule has 2 N–H and O–H groups in total. The fourth-order valence-corrected chi connectivity index (χ4v) is 3.65. The van der Waals surface area contributed by atoms with Crippen LogP contribution in [0.3, 0.4) is 0 Å². The second-order valence-corrected chi connectivity index (χ2v) is 6.48. The molecule has 1 aromatic heterocycles. The zero-order valence-electron chi connectivity index (χ0n) is 13.2. The Morgan fingerprint density at radius 2 is 2.09 bits per heavy atom. The number of nitrogens with two attached hydrogens (primary N) is 1. The van der Waals surface area contributed by atoms with Crippen molar-refractivity contribution in [2.75, 3.05) is 6.54 Å². The summed E-state index contributed by atoms with van der Waals surface area (Å²) in [5, 5.41) is 0.773. The van der Waals surface area contributed by atoms with Crippen LogP contribution in [0.1, 0.15) is 37.3 Å². The van der Waals surface area contributed by atoms with Crippen LogP contribution >= 0.6 is 36.4 Å². The Morgan fingerprint density at radius 3 is 2.78 bits per heavy atom. The predicted octanol–water partition coefficient (Wildman–Crippen LogP) is 5.05. The molecule has 1 heterocycles. The van der Waals surface area contributed by atoms with Gasteiger partial charge >= 0.3 is 0 Å². The third-order valence-electron chi connectivity index (χ3n) is 4.58. The highest BCUT2D eigenvalue weighted by Crippen LogP contribution is 2.35. The Bertz CT molecular complexity index is 627. The standard InChI is InChI=1S/C17H22ClN3.2ClH/c1-12-9-14(18)5-6-16(12)17-20-7-8-21(17)15-4-2-3-13(10-15)11-19;;/h5-9,13,15H,2-4,10-11,19H2,1H3;2*1H/t13-,15+;;/m0../s1. The molecular formula is C17H24Cl3N3. The molecule has 1 fully saturated rings. The smallest absolute Gasteiger partial charge is 0.140 e. The molecule has 2 aromatic rings. The second kappa shape index (κ2) is 8.93. The molecule has 2 atom stereocenters. The third-order valence-corrected chi connectivity index (χ3v) is 4.81. The number of halogens is 3. The van der Waals surface area contributed by atoms with Crippen LogP contribution < -0.4 is 5.73 Å². The van der Waals surface area contributed by atoms with E-state index in [4.69, 9.17) is 17.3 Å². The summed E-state index contributed by atoms with van der Waals surface area (Å²) in [7, 11) is 0. The van der Waals surface area contributed by atoms with Crippen LogP contribution in [0.4, 0.5) is 0 Å². The molecule has 0 spiro atoms. The van der Waals surface area contributed by atoms with Crippen molar-refractivity contribution in [3.05, 3.63) is 41.2 Å². The molecule has 128 valence electrons. The maximum Gasteiger partial charge on any atom is 0.140 e. The predicted molar refractivity (Wildman–Crippen MR) is 102 cm³/mol. The highest BCUT2D eigenvalue weighted by atomic mass is 35.5. The first-order valence-corrected chi connectivity index (χ1v) is 8.06. The van der Waals surface area contributed by atoms with E-state index >= 15 is 0 Å². The van der Waals surface area contributed by atoms with Gasteiger partial charge in [0.25, 0.3) is 0 Å². The summed E-state index contributed by atoms with van der Waals surface area (Å²) in [6, 6.07) is 6.52. The van der Waals surface area contributed by atoms with Crippen LogP contribution in [-0.4, -0.2) is 16.1 Å². The molecule has 1 saturated carbocycles. The van der Waals surface area contributed by atoms with E-state index in [-0.39, 0.29) is 24.8 Å². The highest BCUT2D eigenvalue weighted by Gasteiger charge is 2.24. The van der Waals surface area contributed by atoms with Crippen LogP contribution in [0.25, 0.3) is 11.4 Å². The van der Waals surface area contributed by atoms with Crippen molar-refractivity contribution in [2.24, 2.45) is 11.7 Å². The molecule has 0 bridgehead atoms. The fraction of sp³-hybridized carbons (Fsp3) is 0.471. The summed E-state index contributed by atoms with van der Waals surface area (Å²) < 4.78 is 2.33. The number of rotatable bonds is 3. The van der Waals surface area contributed by atoms with E-state index in [1.807, 2.05) is 18.3 Å². The van der Waals surface area contributed by atoms with E-state index in [1.165, 1.54) is 30.4 Å². The fourth-order valence-electron chi connectivity index (χ4n) is 3.42. The van der Waals surface area contributed by atoms with Gasteiger partial charge in [-0.3, -0.25) is 0 Å². The molecule has 1 aliphatic rings. The van der Waals surface area contributed by atoms with Gasteiger partial charge in [0.15, 0.2) is 0 Å². The minimum atomic E-state index is 0. The second-order valence-electron chi connectivity index (χ2n) is 6.04. The average Bonchev–Trinajstić information content (AvgIpc) is 2.96. The average molecular weight is 377 g/mol. The van der Waals surface area contributed by atoms with Crippen molar-refractivity contribution in [1.82, 2.24) is 9.55 Å². The quantitative estimate of drug-likeness (QED) is 0.815. The summed E-state index contributed by atoms with van der Waals surface area (Å²) in [6.07, 6.45) is 8.89. The van der Waals surface area contributed by atoms with E-state index in [9.17, 15) is 0 Å². The van der Waals surface area contributed by atoms with E-state index in [1.54, 1.807) is 0 Å². The first-order chi connectivity index (χ1) is 10.2. The van der Waals surface area contributed by atoms with Gasteiger partial charge in [-0.2, -0.15) is 0 Å². The molecule has 1 aliphatic carbocycles. The van der Waals surface area contributed by atoms with Crippen LogP contribution in [0.15, 0.2) is 30.6 Å². The van der Waals surface area contributed by atoms with Crippen LogP contribution in [0.5, 0.6) is 0 Å². The molecule has 0 aliphatic heterocycles. The molecule has 3 nitrogen and oxygen atoms in total. The van der Waals surface area contributed by atoms with Crippen molar-refractivity contribution in [3.8, 4) is 11.4 Å². The number of nitrogens with zero attached hydrogens (tertiary/aromatic N) is 2.